The van der Waals surface area contributed by atoms with E-state index in [-0.39, 0.29) is 12.2 Å². The Hall–Kier alpha value is -3.72. The molecule has 2 N–H and O–H groups in total. The molecule has 0 unspecified atom stereocenters. The summed E-state index contributed by atoms with van der Waals surface area (Å²) in [5.74, 6) is 1.71. The summed E-state index contributed by atoms with van der Waals surface area (Å²) in [7, 11) is 0. The van der Waals surface area contributed by atoms with Crippen molar-refractivity contribution in [2.24, 2.45) is 11.7 Å². The molecule has 1 amide bonds. The molecule has 8 nitrogen and oxygen atoms in total. The standard InChI is InChI=1S/C23H22N4O4S/c1-14(2)12-30-18-9-5-16(6-10-18)21-25-23-27(26-21)22(29)19(32-23)11-15-3-7-17(8-4-15)31-13-20(24)28/h3-11,14H,12-13H2,1-2H3,(H2,24,28)/b19-11+. The molecule has 2 aromatic carbocycles. The third-order valence-electron chi connectivity index (χ3n) is 4.44. The average Bonchev–Trinajstić information content (AvgIpc) is 3.31. The number of carbonyl (C=O) groups excluding carboxylic acids is 1. The summed E-state index contributed by atoms with van der Waals surface area (Å²) < 4.78 is 12.8. The van der Waals surface area contributed by atoms with Gasteiger partial charge < -0.3 is 15.2 Å². The number of fused-ring (bicyclic) bond motifs is 1. The Morgan fingerprint density at radius 2 is 1.75 bits per heavy atom. The zero-order valence-electron chi connectivity index (χ0n) is 17.6. The van der Waals surface area contributed by atoms with Gasteiger partial charge >= 0.3 is 0 Å². The van der Waals surface area contributed by atoms with Gasteiger partial charge in [-0.25, -0.2) is 0 Å². The number of nitrogens with two attached hydrogens (primary N) is 1. The minimum absolute atomic E-state index is 0.183. The fourth-order valence-electron chi connectivity index (χ4n) is 2.89. The summed E-state index contributed by atoms with van der Waals surface area (Å²) in [4.78, 5) is 28.6. The van der Waals surface area contributed by atoms with Gasteiger partial charge in [-0.3, -0.25) is 9.59 Å². The molecule has 0 bridgehead atoms. The van der Waals surface area contributed by atoms with Crippen LogP contribution in [-0.2, 0) is 4.79 Å². The van der Waals surface area contributed by atoms with Crippen molar-refractivity contribution in [3.63, 3.8) is 0 Å². The maximum absolute atomic E-state index is 12.8. The Balaban J connectivity index is 1.54. The zero-order valence-corrected chi connectivity index (χ0v) is 18.5. The van der Waals surface area contributed by atoms with Crippen molar-refractivity contribution in [1.29, 1.82) is 0 Å². The second kappa shape index (κ2) is 9.19. The lowest BCUT2D eigenvalue weighted by molar-refractivity contribution is -0.119. The van der Waals surface area contributed by atoms with Crippen LogP contribution in [0.25, 0.3) is 22.4 Å². The first kappa shape index (κ1) is 21.5. The number of thiazole rings is 1. The molecule has 32 heavy (non-hydrogen) atoms. The van der Waals surface area contributed by atoms with E-state index in [1.165, 1.54) is 15.9 Å². The quantitative estimate of drug-likeness (QED) is 0.441. The second-order valence-electron chi connectivity index (χ2n) is 7.60. The van der Waals surface area contributed by atoms with Gasteiger partial charge in [-0.2, -0.15) is 9.50 Å². The summed E-state index contributed by atoms with van der Waals surface area (Å²) in [6, 6.07) is 14.5. The number of nitrogens with zero attached hydrogens (tertiary/aromatic N) is 3. The lowest BCUT2D eigenvalue weighted by Gasteiger charge is -2.08. The van der Waals surface area contributed by atoms with Crippen molar-refractivity contribution in [1.82, 2.24) is 14.6 Å². The molecule has 0 saturated heterocycles. The summed E-state index contributed by atoms with van der Waals surface area (Å²) in [6.45, 7) is 4.66. The molecule has 0 saturated carbocycles. The fraction of sp³-hybridized carbons (Fsp3) is 0.217. The number of primary amides is 1. The van der Waals surface area contributed by atoms with Crippen LogP contribution in [0.4, 0.5) is 0 Å². The third kappa shape index (κ3) is 4.94. The highest BCUT2D eigenvalue weighted by atomic mass is 32.1. The van der Waals surface area contributed by atoms with E-state index in [1.807, 2.05) is 24.3 Å². The first-order valence-electron chi connectivity index (χ1n) is 10.0. The SMILES string of the molecule is CC(C)COc1ccc(-c2nc3s/c(=C/c4ccc(OCC(N)=O)cc4)c(=O)n3n2)cc1. The Kier molecular flexibility index (Phi) is 6.18. The van der Waals surface area contributed by atoms with Gasteiger partial charge in [0.05, 0.1) is 11.1 Å². The molecule has 0 aliphatic carbocycles. The van der Waals surface area contributed by atoms with Gasteiger partial charge in [-0.05, 0) is 54.0 Å². The molecular formula is C23H22N4O4S. The summed E-state index contributed by atoms with van der Waals surface area (Å²) in [6.07, 6.45) is 1.77. The number of ether oxygens (including phenoxy) is 2. The predicted molar refractivity (Wildman–Crippen MR) is 123 cm³/mol. The van der Waals surface area contributed by atoms with Gasteiger partial charge in [0.1, 0.15) is 11.5 Å². The molecule has 0 atom stereocenters. The molecule has 0 fully saturated rings. The van der Waals surface area contributed by atoms with Crippen molar-refractivity contribution in [2.75, 3.05) is 13.2 Å². The molecular weight excluding hydrogens is 428 g/mol. The predicted octanol–water partition coefficient (Wildman–Crippen LogP) is 2.26. The summed E-state index contributed by atoms with van der Waals surface area (Å²) in [5.41, 5.74) is 6.47. The normalized spacial score (nSPS) is 11.9. The largest absolute Gasteiger partial charge is 0.493 e. The summed E-state index contributed by atoms with van der Waals surface area (Å²) >= 11 is 1.27. The van der Waals surface area contributed by atoms with Crippen LogP contribution in [0.15, 0.2) is 53.3 Å². The molecule has 0 radical (unpaired) electrons. The Morgan fingerprint density at radius 1 is 1.09 bits per heavy atom. The van der Waals surface area contributed by atoms with E-state index < -0.39 is 5.91 Å². The van der Waals surface area contributed by atoms with Crippen LogP contribution < -0.4 is 25.3 Å². The topological polar surface area (TPSA) is 109 Å². The monoisotopic (exact) mass is 450 g/mol. The van der Waals surface area contributed by atoms with Gasteiger partial charge in [-0.15, -0.1) is 5.10 Å². The van der Waals surface area contributed by atoms with E-state index in [4.69, 9.17) is 15.2 Å². The highest BCUT2D eigenvalue weighted by Gasteiger charge is 2.12. The molecule has 4 aromatic rings. The maximum atomic E-state index is 12.8. The first-order valence-corrected chi connectivity index (χ1v) is 10.9. The van der Waals surface area contributed by atoms with E-state index in [0.29, 0.717) is 33.6 Å². The number of hydrogen-bond donors (Lipinski definition) is 1. The zero-order chi connectivity index (χ0) is 22.7. The molecule has 164 valence electrons. The van der Waals surface area contributed by atoms with Gasteiger partial charge in [0, 0.05) is 5.56 Å². The minimum Gasteiger partial charge on any atom is -0.493 e. The fourth-order valence-corrected chi connectivity index (χ4v) is 3.79. The smallest absolute Gasteiger partial charge is 0.291 e. The first-order chi connectivity index (χ1) is 15.4. The van der Waals surface area contributed by atoms with E-state index in [9.17, 15) is 9.59 Å². The molecule has 4 rings (SSSR count). The maximum Gasteiger partial charge on any atom is 0.291 e. The lowest BCUT2D eigenvalue weighted by Crippen LogP contribution is -2.23. The van der Waals surface area contributed by atoms with Crippen LogP contribution in [0, 0.1) is 5.92 Å². The molecule has 9 heteroatoms. The van der Waals surface area contributed by atoms with Crippen LogP contribution >= 0.6 is 11.3 Å². The van der Waals surface area contributed by atoms with Gasteiger partial charge in [0.2, 0.25) is 4.96 Å². The molecule has 2 aromatic heterocycles. The Labute approximate surface area is 187 Å². The van der Waals surface area contributed by atoms with Crippen molar-refractivity contribution < 1.29 is 14.3 Å². The average molecular weight is 451 g/mol. The van der Waals surface area contributed by atoms with E-state index in [1.54, 1.807) is 30.3 Å². The second-order valence-corrected chi connectivity index (χ2v) is 8.61. The Bertz CT molecular complexity index is 1340. The van der Waals surface area contributed by atoms with Crippen LogP contribution in [0.3, 0.4) is 0 Å². The lowest BCUT2D eigenvalue weighted by atomic mass is 10.2. The number of benzene rings is 2. The van der Waals surface area contributed by atoms with Crippen LogP contribution in [0.2, 0.25) is 0 Å². The number of carbonyl (C=O) groups is 1. The number of hydrogen-bond acceptors (Lipinski definition) is 7. The van der Waals surface area contributed by atoms with Crippen LogP contribution in [0.5, 0.6) is 11.5 Å². The highest BCUT2D eigenvalue weighted by Crippen LogP contribution is 2.21. The van der Waals surface area contributed by atoms with Gasteiger partial charge in [-0.1, -0.05) is 37.3 Å². The van der Waals surface area contributed by atoms with Crippen LogP contribution in [0.1, 0.15) is 19.4 Å². The third-order valence-corrected chi connectivity index (χ3v) is 5.40. The van der Waals surface area contributed by atoms with Crippen molar-refractivity contribution in [3.8, 4) is 22.9 Å². The molecule has 0 aliphatic rings. The Morgan fingerprint density at radius 3 is 2.38 bits per heavy atom. The molecule has 2 heterocycles. The summed E-state index contributed by atoms with van der Waals surface area (Å²) in [5, 5.41) is 4.38. The van der Waals surface area contributed by atoms with E-state index in [2.05, 4.69) is 23.9 Å². The number of rotatable bonds is 8. The number of aromatic nitrogens is 3. The van der Waals surface area contributed by atoms with E-state index in [0.717, 1.165) is 16.9 Å². The van der Waals surface area contributed by atoms with Crippen molar-refractivity contribution in [2.45, 2.75) is 13.8 Å². The van der Waals surface area contributed by atoms with Gasteiger partial charge in [0.25, 0.3) is 11.5 Å². The number of amides is 1. The van der Waals surface area contributed by atoms with Crippen molar-refractivity contribution in [3.05, 3.63) is 69.0 Å². The highest BCUT2D eigenvalue weighted by molar-refractivity contribution is 7.15. The molecule has 0 aliphatic heterocycles. The molecule has 0 spiro atoms. The van der Waals surface area contributed by atoms with Crippen molar-refractivity contribution >= 4 is 28.3 Å². The van der Waals surface area contributed by atoms with E-state index >= 15 is 0 Å². The van der Waals surface area contributed by atoms with Crippen LogP contribution in [-0.4, -0.2) is 33.7 Å². The minimum atomic E-state index is -0.541. The van der Waals surface area contributed by atoms with Gasteiger partial charge in [0.15, 0.2) is 12.4 Å².